The molecule has 0 heterocycles. The Bertz CT molecular complexity index is 41.2. The first kappa shape index (κ1) is 8.01. The molecule has 7 heavy (non-hydrogen) atoms. The fraction of sp³-hybridized carbons (Fsp3) is 1.00. The van der Waals surface area contributed by atoms with Crippen LogP contribution < -0.4 is 0 Å². The normalized spacial score (nSPS) is 14.1. The van der Waals surface area contributed by atoms with Crippen LogP contribution in [0.25, 0.3) is 0 Å². The largest absolute Gasteiger partial charge is 0.317 e. The predicted molar refractivity (Wildman–Crippen MR) is 41.6 cm³/mol. The van der Waals surface area contributed by atoms with E-state index < -0.39 is 0 Å². The van der Waals surface area contributed by atoms with E-state index in [1.54, 1.807) is 0 Å². The molecule has 0 aliphatic rings. The molecule has 0 aliphatic heterocycles. The van der Waals surface area contributed by atoms with Gasteiger partial charge in [-0.25, -0.2) is 0 Å². The van der Waals surface area contributed by atoms with Gasteiger partial charge in [-0.05, 0) is 12.9 Å². The second-order valence-electron chi connectivity index (χ2n) is 1.13. The summed E-state index contributed by atoms with van der Waals surface area (Å²) in [5, 5.41) is 0.209. The van der Waals surface area contributed by atoms with Crippen molar-refractivity contribution in [2.45, 2.75) is 5.25 Å². The minimum Gasteiger partial charge on any atom is -0.317 e. The van der Waals surface area contributed by atoms with E-state index in [4.69, 9.17) is 0 Å². The highest BCUT2D eigenvalue weighted by molar-refractivity contribution is 7.84. The summed E-state index contributed by atoms with van der Waals surface area (Å²) in [5.74, 6) is 0.726. The third-order valence-electron chi connectivity index (χ3n) is 0.478. The second-order valence-corrected chi connectivity index (χ2v) is 2.49. The molecular weight excluding hydrogens is 148 g/mol. The average molecular weight is 156 g/mol. The first-order valence-corrected chi connectivity index (χ1v) is 3.38. The summed E-state index contributed by atoms with van der Waals surface area (Å²) in [7, 11) is 0. The minimum absolute atomic E-state index is 0.209. The number of hydrogen-bond donors (Lipinski definition) is 3. The lowest BCUT2D eigenvalue weighted by Gasteiger charge is -2.00. The third-order valence-corrected chi connectivity index (χ3v) is 1.69. The lowest BCUT2D eigenvalue weighted by Crippen LogP contribution is -2.06. The van der Waals surface area contributed by atoms with Gasteiger partial charge in [-0.2, -0.15) is 25.3 Å². The van der Waals surface area contributed by atoms with Crippen LogP contribution in [0.4, 0.5) is 0 Å². The summed E-state index contributed by atoms with van der Waals surface area (Å²) in [6.45, 7) is 0.551. The Kier molecular flexibility index (Phi) is 5.90. The summed E-state index contributed by atoms with van der Waals surface area (Å²) < 4.78 is 4.46. The van der Waals surface area contributed by atoms with Crippen molar-refractivity contribution in [2.75, 3.05) is 12.4 Å². The zero-order valence-corrected chi connectivity index (χ0v) is 6.42. The summed E-state index contributed by atoms with van der Waals surface area (Å²) in [6, 6.07) is 0. The van der Waals surface area contributed by atoms with Crippen molar-refractivity contribution < 1.29 is 4.18 Å². The van der Waals surface area contributed by atoms with Gasteiger partial charge in [-0.1, -0.05) is 0 Å². The fourth-order valence-corrected chi connectivity index (χ4v) is 0.616. The maximum atomic E-state index is 4.46. The maximum Gasteiger partial charge on any atom is 0.0734 e. The number of rotatable bonds is 3. The number of hydrogen-bond acceptors (Lipinski definition) is 4. The smallest absolute Gasteiger partial charge is 0.0734 e. The Morgan fingerprint density at radius 2 is 2.14 bits per heavy atom. The maximum absolute atomic E-state index is 4.46. The SMILES string of the molecule is SCC(S)COS. The van der Waals surface area contributed by atoms with Gasteiger partial charge in [0.1, 0.15) is 0 Å². The van der Waals surface area contributed by atoms with E-state index in [1.807, 2.05) is 0 Å². The Balaban J connectivity index is 2.83. The van der Waals surface area contributed by atoms with Crippen LogP contribution in [0.3, 0.4) is 0 Å². The van der Waals surface area contributed by atoms with Gasteiger partial charge >= 0.3 is 0 Å². The number of thiol groups is 3. The molecule has 1 atom stereocenters. The highest BCUT2D eigenvalue weighted by Crippen LogP contribution is 1.98. The monoisotopic (exact) mass is 156 g/mol. The fourth-order valence-electron chi connectivity index (χ4n) is 0.139. The average Bonchev–Trinajstić information content (AvgIpc) is 1.68. The summed E-state index contributed by atoms with van der Waals surface area (Å²) in [5.41, 5.74) is 0. The summed E-state index contributed by atoms with van der Waals surface area (Å²) in [6.07, 6.45) is 0. The van der Waals surface area contributed by atoms with Crippen molar-refractivity contribution in [2.24, 2.45) is 0 Å². The van der Waals surface area contributed by atoms with Crippen LogP contribution in [0.15, 0.2) is 0 Å². The summed E-state index contributed by atoms with van der Waals surface area (Å²) in [4.78, 5) is 0. The molecule has 0 aliphatic carbocycles. The lowest BCUT2D eigenvalue weighted by atomic mass is 10.5. The van der Waals surface area contributed by atoms with Crippen molar-refractivity contribution in [3.63, 3.8) is 0 Å². The van der Waals surface area contributed by atoms with Gasteiger partial charge in [0, 0.05) is 11.0 Å². The van der Waals surface area contributed by atoms with Gasteiger partial charge in [-0.15, -0.1) is 0 Å². The van der Waals surface area contributed by atoms with Crippen LogP contribution in [0.1, 0.15) is 0 Å². The van der Waals surface area contributed by atoms with E-state index in [-0.39, 0.29) is 5.25 Å². The van der Waals surface area contributed by atoms with E-state index in [0.29, 0.717) is 6.61 Å². The molecule has 0 rings (SSSR count). The molecule has 0 aromatic rings. The first-order chi connectivity index (χ1) is 3.31. The Morgan fingerprint density at radius 1 is 1.57 bits per heavy atom. The highest BCUT2D eigenvalue weighted by atomic mass is 32.1. The molecule has 0 amide bonds. The van der Waals surface area contributed by atoms with E-state index >= 15 is 0 Å². The van der Waals surface area contributed by atoms with Gasteiger partial charge < -0.3 is 4.18 Å². The zero-order chi connectivity index (χ0) is 5.70. The van der Waals surface area contributed by atoms with Crippen molar-refractivity contribution in [1.29, 1.82) is 0 Å². The van der Waals surface area contributed by atoms with Gasteiger partial charge in [0.15, 0.2) is 0 Å². The Labute approximate surface area is 60.3 Å². The molecule has 4 heteroatoms. The quantitative estimate of drug-likeness (QED) is 0.409. The van der Waals surface area contributed by atoms with Crippen LogP contribution in [0, 0.1) is 0 Å². The molecule has 44 valence electrons. The van der Waals surface area contributed by atoms with Crippen LogP contribution >= 0.6 is 38.2 Å². The zero-order valence-electron chi connectivity index (χ0n) is 3.74. The molecule has 0 saturated heterocycles. The van der Waals surface area contributed by atoms with Gasteiger partial charge in [0.05, 0.1) is 6.61 Å². The van der Waals surface area contributed by atoms with E-state index in [1.165, 1.54) is 0 Å². The molecule has 1 unspecified atom stereocenters. The van der Waals surface area contributed by atoms with Crippen LogP contribution in [0.2, 0.25) is 0 Å². The van der Waals surface area contributed by atoms with Gasteiger partial charge in [0.25, 0.3) is 0 Å². The lowest BCUT2D eigenvalue weighted by molar-refractivity contribution is 0.389. The van der Waals surface area contributed by atoms with E-state index in [2.05, 4.69) is 42.4 Å². The van der Waals surface area contributed by atoms with Crippen LogP contribution in [-0.2, 0) is 4.18 Å². The van der Waals surface area contributed by atoms with Gasteiger partial charge in [-0.3, -0.25) is 0 Å². The van der Waals surface area contributed by atoms with Crippen LogP contribution in [0.5, 0.6) is 0 Å². The first-order valence-electron chi connectivity index (χ1n) is 1.86. The van der Waals surface area contributed by atoms with E-state index in [0.717, 1.165) is 5.75 Å². The molecular formula is C3H8OS3. The Hall–Kier alpha value is 1.01. The molecule has 1 nitrogen and oxygen atoms in total. The van der Waals surface area contributed by atoms with E-state index in [9.17, 15) is 0 Å². The van der Waals surface area contributed by atoms with Crippen molar-refractivity contribution >= 4 is 38.2 Å². The Morgan fingerprint density at radius 3 is 2.29 bits per heavy atom. The molecule has 0 aromatic carbocycles. The molecule has 0 radical (unpaired) electrons. The molecule has 0 N–H and O–H groups in total. The van der Waals surface area contributed by atoms with Crippen molar-refractivity contribution in [3.8, 4) is 0 Å². The molecule has 0 bridgehead atoms. The van der Waals surface area contributed by atoms with Crippen molar-refractivity contribution in [1.82, 2.24) is 0 Å². The topological polar surface area (TPSA) is 9.23 Å². The standard InChI is InChI=1S/C3H8OS3/c5-2-3(6)1-4-7/h3,5-7H,1-2H2. The second kappa shape index (κ2) is 5.15. The van der Waals surface area contributed by atoms with Crippen LogP contribution in [-0.4, -0.2) is 17.6 Å². The molecule has 0 spiro atoms. The predicted octanol–water partition coefficient (Wildman–Crippen LogP) is 1.08. The molecule has 0 aromatic heterocycles. The molecule has 0 saturated carbocycles. The summed E-state index contributed by atoms with van der Waals surface area (Å²) >= 11 is 11.6. The molecule has 0 fully saturated rings. The van der Waals surface area contributed by atoms with Crippen molar-refractivity contribution in [3.05, 3.63) is 0 Å². The highest BCUT2D eigenvalue weighted by Gasteiger charge is 1.95. The minimum atomic E-state index is 0.209. The van der Waals surface area contributed by atoms with Gasteiger partial charge in [0.2, 0.25) is 0 Å². The third kappa shape index (κ3) is 4.87.